The molecule has 0 saturated carbocycles. The lowest BCUT2D eigenvalue weighted by Crippen LogP contribution is -2.52. The van der Waals surface area contributed by atoms with E-state index in [-0.39, 0.29) is 17.6 Å². The van der Waals surface area contributed by atoms with E-state index >= 15 is 0 Å². The number of likely N-dealkylation sites (tertiary alicyclic amines) is 1. The summed E-state index contributed by atoms with van der Waals surface area (Å²) in [5.41, 5.74) is 6.26. The van der Waals surface area contributed by atoms with Gasteiger partial charge in [0.15, 0.2) is 5.82 Å². The van der Waals surface area contributed by atoms with Crippen LogP contribution in [-0.2, 0) is 11.3 Å². The molecule has 2 atom stereocenters. The van der Waals surface area contributed by atoms with Crippen molar-refractivity contribution < 1.29 is 9.26 Å². The van der Waals surface area contributed by atoms with Crippen molar-refractivity contribution in [2.24, 2.45) is 11.1 Å². The molecule has 6 heteroatoms. The molecule has 1 aliphatic rings. The van der Waals surface area contributed by atoms with E-state index in [0.29, 0.717) is 18.3 Å². The number of nitrogens with zero attached hydrogens (tertiary/aromatic N) is 3. The molecule has 0 aromatic carbocycles. The van der Waals surface area contributed by atoms with Crippen molar-refractivity contribution in [1.29, 1.82) is 0 Å². The van der Waals surface area contributed by atoms with Crippen molar-refractivity contribution in [2.75, 3.05) is 20.2 Å². The van der Waals surface area contributed by atoms with Crippen molar-refractivity contribution in [3.05, 3.63) is 11.7 Å². The summed E-state index contributed by atoms with van der Waals surface area (Å²) >= 11 is 0. The second-order valence-electron chi connectivity index (χ2n) is 6.02. The van der Waals surface area contributed by atoms with Crippen LogP contribution in [0.15, 0.2) is 4.52 Å². The summed E-state index contributed by atoms with van der Waals surface area (Å²) in [7, 11) is 1.63. The number of aromatic nitrogens is 2. The van der Waals surface area contributed by atoms with Gasteiger partial charge in [-0.2, -0.15) is 4.98 Å². The molecule has 19 heavy (non-hydrogen) atoms. The molecule has 1 aromatic heterocycles. The molecule has 108 valence electrons. The van der Waals surface area contributed by atoms with Gasteiger partial charge in [0.1, 0.15) is 6.10 Å². The Balaban J connectivity index is 1.96. The lowest BCUT2D eigenvalue weighted by atomic mass is 9.80. The standard InChI is InChI=1S/C13H24N4O2/c1-9(18-4)12-15-11(19-16-12)7-17-6-5-10(14)13(2,3)8-17/h9-10H,5-8,14H2,1-4H3. The minimum absolute atomic E-state index is 0.126. The van der Waals surface area contributed by atoms with Crippen LogP contribution in [0.5, 0.6) is 0 Å². The molecule has 1 fully saturated rings. The van der Waals surface area contributed by atoms with Crippen LogP contribution in [0, 0.1) is 5.41 Å². The number of nitrogens with two attached hydrogens (primary N) is 1. The number of methoxy groups -OCH3 is 1. The first-order valence-electron chi connectivity index (χ1n) is 6.75. The fraction of sp³-hybridized carbons (Fsp3) is 0.846. The zero-order chi connectivity index (χ0) is 14.0. The third-order valence-electron chi connectivity index (χ3n) is 3.95. The highest BCUT2D eigenvalue weighted by Crippen LogP contribution is 2.28. The second kappa shape index (κ2) is 5.56. The van der Waals surface area contributed by atoms with Crippen LogP contribution in [-0.4, -0.2) is 41.3 Å². The number of ether oxygens (including phenoxy) is 1. The van der Waals surface area contributed by atoms with Gasteiger partial charge in [0.05, 0.1) is 6.54 Å². The van der Waals surface area contributed by atoms with Gasteiger partial charge in [-0.05, 0) is 18.8 Å². The van der Waals surface area contributed by atoms with E-state index in [0.717, 1.165) is 19.5 Å². The molecule has 1 saturated heterocycles. The molecule has 6 nitrogen and oxygen atoms in total. The smallest absolute Gasteiger partial charge is 0.240 e. The summed E-state index contributed by atoms with van der Waals surface area (Å²) < 4.78 is 10.4. The van der Waals surface area contributed by atoms with E-state index in [4.69, 9.17) is 15.0 Å². The molecule has 0 aliphatic carbocycles. The summed E-state index contributed by atoms with van der Waals surface area (Å²) in [6.07, 6.45) is 0.867. The van der Waals surface area contributed by atoms with Crippen molar-refractivity contribution >= 4 is 0 Å². The van der Waals surface area contributed by atoms with Gasteiger partial charge in [-0.15, -0.1) is 0 Å². The summed E-state index contributed by atoms with van der Waals surface area (Å²) in [6, 6.07) is 0.260. The minimum atomic E-state index is -0.135. The molecule has 2 heterocycles. The van der Waals surface area contributed by atoms with E-state index in [1.54, 1.807) is 7.11 Å². The van der Waals surface area contributed by atoms with Crippen LogP contribution in [0.3, 0.4) is 0 Å². The molecule has 2 unspecified atom stereocenters. The average molecular weight is 268 g/mol. The number of hydrogen-bond acceptors (Lipinski definition) is 6. The molecule has 0 spiro atoms. The quantitative estimate of drug-likeness (QED) is 0.888. The Kier molecular flexibility index (Phi) is 4.23. The molecule has 0 bridgehead atoms. The highest BCUT2D eigenvalue weighted by atomic mass is 16.5. The summed E-state index contributed by atoms with van der Waals surface area (Å²) in [5, 5.41) is 3.94. The molecular formula is C13H24N4O2. The monoisotopic (exact) mass is 268 g/mol. The highest BCUT2D eigenvalue weighted by Gasteiger charge is 2.33. The van der Waals surface area contributed by atoms with Crippen LogP contribution in [0.4, 0.5) is 0 Å². The number of hydrogen-bond donors (Lipinski definition) is 1. The van der Waals surface area contributed by atoms with Crippen LogP contribution >= 0.6 is 0 Å². The van der Waals surface area contributed by atoms with Crippen LogP contribution in [0.1, 0.15) is 45.0 Å². The van der Waals surface area contributed by atoms with Crippen LogP contribution in [0.2, 0.25) is 0 Å². The van der Waals surface area contributed by atoms with E-state index < -0.39 is 0 Å². The Bertz CT molecular complexity index is 419. The summed E-state index contributed by atoms with van der Waals surface area (Å²) in [6.45, 7) is 8.91. The topological polar surface area (TPSA) is 77.4 Å². The van der Waals surface area contributed by atoms with Crippen LogP contribution in [0.25, 0.3) is 0 Å². The van der Waals surface area contributed by atoms with Gasteiger partial charge in [0.25, 0.3) is 0 Å². The van der Waals surface area contributed by atoms with E-state index in [1.807, 2.05) is 6.92 Å². The summed E-state index contributed by atoms with van der Waals surface area (Å²) in [5.74, 6) is 1.25. The molecule has 0 amide bonds. The van der Waals surface area contributed by atoms with Crippen LogP contribution < -0.4 is 5.73 Å². The third-order valence-corrected chi connectivity index (χ3v) is 3.95. The highest BCUT2D eigenvalue weighted by molar-refractivity contribution is 4.93. The number of rotatable bonds is 4. The van der Waals surface area contributed by atoms with Gasteiger partial charge in [0, 0.05) is 26.2 Å². The Morgan fingerprint density at radius 2 is 2.32 bits per heavy atom. The van der Waals surface area contributed by atoms with Crippen molar-refractivity contribution in [3.8, 4) is 0 Å². The predicted molar refractivity (Wildman–Crippen MR) is 71.4 cm³/mol. The Hall–Kier alpha value is -0.980. The zero-order valence-corrected chi connectivity index (χ0v) is 12.2. The van der Waals surface area contributed by atoms with Gasteiger partial charge >= 0.3 is 0 Å². The minimum Gasteiger partial charge on any atom is -0.374 e. The lowest BCUT2D eigenvalue weighted by Gasteiger charge is -2.42. The van der Waals surface area contributed by atoms with E-state index in [9.17, 15) is 0 Å². The Morgan fingerprint density at radius 1 is 1.58 bits per heavy atom. The van der Waals surface area contributed by atoms with Crippen molar-refractivity contribution in [2.45, 2.75) is 45.9 Å². The van der Waals surface area contributed by atoms with Gasteiger partial charge in [0.2, 0.25) is 5.89 Å². The van der Waals surface area contributed by atoms with E-state index in [1.165, 1.54) is 0 Å². The normalized spacial score (nSPS) is 25.4. The first kappa shape index (κ1) is 14.4. The first-order valence-corrected chi connectivity index (χ1v) is 6.75. The van der Waals surface area contributed by atoms with Gasteiger partial charge < -0.3 is 15.0 Å². The predicted octanol–water partition coefficient (Wildman–Crippen LogP) is 1.34. The SMILES string of the molecule is COC(C)c1noc(CN2CCC(N)C(C)(C)C2)n1. The second-order valence-corrected chi connectivity index (χ2v) is 6.02. The molecular weight excluding hydrogens is 244 g/mol. The molecule has 2 rings (SSSR count). The van der Waals surface area contributed by atoms with E-state index in [2.05, 4.69) is 28.9 Å². The fourth-order valence-corrected chi connectivity index (χ4v) is 2.41. The Morgan fingerprint density at radius 3 is 2.95 bits per heavy atom. The van der Waals surface area contributed by atoms with Crippen molar-refractivity contribution in [1.82, 2.24) is 15.0 Å². The lowest BCUT2D eigenvalue weighted by molar-refractivity contribution is 0.0811. The van der Waals surface area contributed by atoms with Gasteiger partial charge in [-0.3, -0.25) is 4.90 Å². The van der Waals surface area contributed by atoms with Gasteiger partial charge in [-0.1, -0.05) is 19.0 Å². The Labute approximate surface area is 114 Å². The maximum absolute atomic E-state index is 6.14. The molecule has 0 radical (unpaired) electrons. The maximum atomic E-state index is 6.14. The molecule has 1 aliphatic heterocycles. The zero-order valence-electron chi connectivity index (χ0n) is 12.2. The van der Waals surface area contributed by atoms with Gasteiger partial charge in [-0.25, -0.2) is 0 Å². The van der Waals surface area contributed by atoms with Crippen molar-refractivity contribution in [3.63, 3.8) is 0 Å². The summed E-state index contributed by atoms with van der Waals surface area (Å²) in [4.78, 5) is 6.68. The number of piperidine rings is 1. The molecule has 2 N–H and O–H groups in total. The third kappa shape index (κ3) is 3.32. The largest absolute Gasteiger partial charge is 0.374 e. The maximum Gasteiger partial charge on any atom is 0.240 e. The fourth-order valence-electron chi connectivity index (χ4n) is 2.41. The molecule has 1 aromatic rings. The first-order chi connectivity index (χ1) is 8.92. The average Bonchev–Trinajstić information content (AvgIpc) is 2.81.